The number of carbonyl (C=O) groups excluding carboxylic acids is 1. The van der Waals surface area contributed by atoms with Crippen LogP contribution >= 0.6 is 0 Å². The van der Waals surface area contributed by atoms with Crippen LogP contribution in [0, 0.1) is 0 Å². The number of hydrogen-bond acceptors (Lipinski definition) is 7. The minimum absolute atomic E-state index is 0.0129. The summed E-state index contributed by atoms with van der Waals surface area (Å²) in [6.45, 7) is 1.07. The number of sulfone groups is 1. The first kappa shape index (κ1) is 17.4. The molecule has 0 saturated heterocycles. The summed E-state index contributed by atoms with van der Waals surface area (Å²) in [6, 6.07) is 3.57. The molecule has 0 spiro atoms. The van der Waals surface area contributed by atoms with Crippen molar-refractivity contribution in [2.75, 3.05) is 18.6 Å². The lowest BCUT2D eigenvalue weighted by Gasteiger charge is -2.26. The molecule has 0 N–H and O–H groups in total. The minimum Gasteiger partial charge on any atom is -0.486 e. The van der Waals surface area contributed by atoms with E-state index < -0.39 is 9.84 Å². The fraction of sp³-hybridized carbons (Fsp3) is 0.438. The van der Waals surface area contributed by atoms with Crippen molar-refractivity contribution < 1.29 is 22.5 Å². The number of fused-ring (bicyclic) bond motifs is 1. The van der Waals surface area contributed by atoms with Crippen LogP contribution in [0.4, 0.5) is 0 Å². The van der Waals surface area contributed by atoms with Gasteiger partial charge in [-0.2, -0.15) is 0 Å². The van der Waals surface area contributed by atoms with Crippen molar-refractivity contribution >= 4 is 15.7 Å². The van der Waals surface area contributed by atoms with Crippen LogP contribution in [0.3, 0.4) is 0 Å². The zero-order valence-electron chi connectivity index (χ0n) is 13.8. The first-order valence-electron chi connectivity index (χ1n) is 7.87. The molecule has 0 aliphatic carbocycles. The van der Waals surface area contributed by atoms with Crippen LogP contribution in [-0.2, 0) is 34.2 Å². The SMILES string of the molecule is CS(=O)(=O)CCC(=O)N1CCc2onc(COc3cccnc3)c2C1. The van der Waals surface area contributed by atoms with Crippen LogP contribution in [-0.4, -0.2) is 47.9 Å². The average molecular weight is 365 g/mol. The Labute approximate surface area is 145 Å². The lowest BCUT2D eigenvalue weighted by Crippen LogP contribution is -2.36. The summed E-state index contributed by atoms with van der Waals surface area (Å²) in [4.78, 5) is 17.9. The molecular formula is C16H19N3O5S. The molecule has 0 atom stereocenters. The predicted octanol–water partition coefficient (Wildman–Crippen LogP) is 0.968. The van der Waals surface area contributed by atoms with Crippen molar-refractivity contribution in [2.24, 2.45) is 0 Å². The number of pyridine rings is 1. The molecule has 25 heavy (non-hydrogen) atoms. The van der Waals surface area contributed by atoms with Crippen molar-refractivity contribution in [1.82, 2.24) is 15.0 Å². The molecule has 1 aliphatic heterocycles. The van der Waals surface area contributed by atoms with E-state index in [0.29, 0.717) is 31.0 Å². The number of carbonyl (C=O) groups is 1. The second-order valence-electron chi connectivity index (χ2n) is 5.95. The van der Waals surface area contributed by atoms with E-state index in [-0.39, 0.29) is 24.7 Å². The molecule has 3 heterocycles. The number of nitrogens with zero attached hydrogens (tertiary/aromatic N) is 3. The van der Waals surface area contributed by atoms with Gasteiger partial charge in [0, 0.05) is 37.4 Å². The van der Waals surface area contributed by atoms with Gasteiger partial charge in [-0.05, 0) is 12.1 Å². The zero-order valence-corrected chi connectivity index (χ0v) is 14.7. The molecule has 1 amide bonds. The van der Waals surface area contributed by atoms with Gasteiger partial charge in [-0.3, -0.25) is 9.78 Å². The Morgan fingerprint density at radius 3 is 3.00 bits per heavy atom. The lowest BCUT2D eigenvalue weighted by molar-refractivity contribution is -0.131. The Hall–Kier alpha value is -2.42. The molecule has 0 unspecified atom stereocenters. The summed E-state index contributed by atoms with van der Waals surface area (Å²) in [5.74, 6) is 1.04. The fourth-order valence-electron chi connectivity index (χ4n) is 2.61. The molecule has 1 aliphatic rings. The fourth-order valence-corrected chi connectivity index (χ4v) is 3.15. The van der Waals surface area contributed by atoms with Crippen LogP contribution in [0.5, 0.6) is 5.75 Å². The molecule has 0 radical (unpaired) electrons. The van der Waals surface area contributed by atoms with Crippen LogP contribution < -0.4 is 4.74 Å². The van der Waals surface area contributed by atoms with Crippen LogP contribution in [0.1, 0.15) is 23.4 Å². The maximum absolute atomic E-state index is 12.2. The van der Waals surface area contributed by atoms with Gasteiger partial charge < -0.3 is 14.2 Å². The highest BCUT2D eigenvalue weighted by molar-refractivity contribution is 7.90. The first-order chi connectivity index (χ1) is 11.9. The van der Waals surface area contributed by atoms with Crippen LogP contribution in [0.15, 0.2) is 29.0 Å². The van der Waals surface area contributed by atoms with E-state index in [1.165, 1.54) is 0 Å². The van der Waals surface area contributed by atoms with Gasteiger partial charge in [0.15, 0.2) is 0 Å². The highest BCUT2D eigenvalue weighted by Gasteiger charge is 2.27. The summed E-state index contributed by atoms with van der Waals surface area (Å²) in [7, 11) is -3.16. The van der Waals surface area contributed by atoms with Gasteiger partial charge >= 0.3 is 0 Å². The first-order valence-corrected chi connectivity index (χ1v) is 9.93. The van der Waals surface area contributed by atoms with E-state index in [1.54, 1.807) is 29.4 Å². The molecular weight excluding hydrogens is 346 g/mol. The van der Waals surface area contributed by atoms with Crippen molar-refractivity contribution in [1.29, 1.82) is 0 Å². The Morgan fingerprint density at radius 2 is 2.28 bits per heavy atom. The summed E-state index contributed by atoms with van der Waals surface area (Å²) in [5, 5.41) is 4.04. The Kier molecular flexibility index (Phi) is 5.03. The van der Waals surface area contributed by atoms with Gasteiger partial charge in [-0.25, -0.2) is 8.42 Å². The standard InChI is InChI=1S/C16H19N3O5S/c1-25(21,22)8-5-16(20)19-7-4-15-13(10-19)14(18-24-15)11-23-12-3-2-6-17-9-12/h2-3,6,9H,4-5,7-8,10-11H2,1H3. The Bertz CT molecular complexity index is 848. The summed E-state index contributed by atoms with van der Waals surface area (Å²) in [6.07, 6.45) is 4.93. The molecule has 3 rings (SSSR count). The van der Waals surface area contributed by atoms with Gasteiger partial charge in [-0.1, -0.05) is 5.16 Å². The van der Waals surface area contributed by atoms with Crippen molar-refractivity contribution in [3.05, 3.63) is 41.5 Å². The quantitative estimate of drug-likeness (QED) is 0.751. The zero-order chi connectivity index (χ0) is 17.9. The second-order valence-corrected chi connectivity index (χ2v) is 8.21. The summed E-state index contributed by atoms with van der Waals surface area (Å²) >= 11 is 0. The van der Waals surface area contributed by atoms with Gasteiger partial charge in [0.1, 0.15) is 33.6 Å². The van der Waals surface area contributed by atoms with Gasteiger partial charge in [0.2, 0.25) is 5.91 Å². The van der Waals surface area contributed by atoms with Crippen molar-refractivity contribution in [3.8, 4) is 5.75 Å². The molecule has 0 aromatic carbocycles. The van der Waals surface area contributed by atoms with Crippen LogP contribution in [0.25, 0.3) is 0 Å². The molecule has 2 aromatic rings. The third-order valence-corrected chi connectivity index (χ3v) is 4.90. The smallest absolute Gasteiger partial charge is 0.223 e. The second kappa shape index (κ2) is 7.22. The van der Waals surface area contributed by atoms with E-state index in [2.05, 4.69) is 10.1 Å². The van der Waals surface area contributed by atoms with E-state index >= 15 is 0 Å². The monoisotopic (exact) mass is 365 g/mol. The molecule has 134 valence electrons. The third-order valence-electron chi connectivity index (χ3n) is 3.96. The maximum Gasteiger partial charge on any atom is 0.223 e. The predicted molar refractivity (Wildman–Crippen MR) is 88.5 cm³/mol. The van der Waals surface area contributed by atoms with Crippen molar-refractivity contribution in [3.63, 3.8) is 0 Å². The van der Waals surface area contributed by atoms with E-state index in [4.69, 9.17) is 9.26 Å². The molecule has 9 heteroatoms. The largest absolute Gasteiger partial charge is 0.486 e. The summed E-state index contributed by atoms with van der Waals surface area (Å²) in [5.41, 5.74) is 1.47. The van der Waals surface area contributed by atoms with E-state index in [9.17, 15) is 13.2 Å². The van der Waals surface area contributed by atoms with Crippen LogP contribution in [0.2, 0.25) is 0 Å². The average Bonchev–Trinajstić information content (AvgIpc) is 3.00. The number of aromatic nitrogens is 2. The van der Waals surface area contributed by atoms with Crippen molar-refractivity contribution in [2.45, 2.75) is 26.0 Å². The molecule has 8 nitrogen and oxygen atoms in total. The number of amides is 1. The highest BCUT2D eigenvalue weighted by Crippen LogP contribution is 2.24. The molecule has 0 fully saturated rings. The Morgan fingerprint density at radius 1 is 1.44 bits per heavy atom. The number of ether oxygens (including phenoxy) is 1. The number of rotatable bonds is 6. The number of hydrogen-bond donors (Lipinski definition) is 0. The normalized spacial score (nSPS) is 14.2. The van der Waals surface area contributed by atoms with Gasteiger partial charge in [-0.15, -0.1) is 0 Å². The molecule has 2 aromatic heterocycles. The van der Waals surface area contributed by atoms with E-state index in [1.807, 2.05) is 0 Å². The maximum atomic E-state index is 12.2. The van der Waals surface area contributed by atoms with Gasteiger partial charge in [0.05, 0.1) is 18.5 Å². The molecule has 0 bridgehead atoms. The summed E-state index contributed by atoms with van der Waals surface area (Å²) < 4.78 is 33.4. The molecule has 0 saturated carbocycles. The Balaban J connectivity index is 1.64. The minimum atomic E-state index is -3.16. The lowest BCUT2D eigenvalue weighted by atomic mass is 10.1. The van der Waals surface area contributed by atoms with E-state index in [0.717, 1.165) is 17.6 Å². The van der Waals surface area contributed by atoms with Gasteiger partial charge in [0.25, 0.3) is 0 Å². The topological polar surface area (TPSA) is 103 Å². The highest BCUT2D eigenvalue weighted by atomic mass is 32.2. The third kappa shape index (κ3) is 4.56.